The number of rotatable bonds is 5. The summed E-state index contributed by atoms with van der Waals surface area (Å²) < 4.78 is 9.02. The van der Waals surface area contributed by atoms with Crippen LogP contribution in [-0.4, -0.2) is 39.1 Å². The van der Waals surface area contributed by atoms with Crippen LogP contribution in [0.3, 0.4) is 0 Å². The number of ether oxygens (including phenoxy) is 2. The van der Waals surface area contributed by atoms with Gasteiger partial charge >= 0.3 is 11.9 Å². The molecule has 118 valence electrons. The second-order valence-corrected chi connectivity index (χ2v) is 4.38. The number of amides is 1. The van der Waals surface area contributed by atoms with Crippen LogP contribution in [0.1, 0.15) is 10.4 Å². The van der Waals surface area contributed by atoms with Crippen LogP contribution >= 0.6 is 11.6 Å². The van der Waals surface area contributed by atoms with Gasteiger partial charge in [0.15, 0.2) is 0 Å². The van der Waals surface area contributed by atoms with E-state index in [-0.39, 0.29) is 22.2 Å². The summed E-state index contributed by atoms with van der Waals surface area (Å²) in [7, 11) is 3.85. The first-order chi connectivity index (χ1) is 10.4. The summed E-state index contributed by atoms with van der Waals surface area (Å²) in [6.45, 7) is 0. The zero-order valence-electron chi connectivity index (χ0n) is 12.2. The first-order valence-electron chi connectivity index (χ1n) is 6.09. The van der Waals surface area contributed by atoms with Gasteiger partial charge in [0.05, 0.1) is 30.9 Å². The molecule has 0 heterocycles. The van der Waals surface area contributed by atoms with Gasteiger partial charge in [0.2, 0.25) is 0 Å². The fourth-order valence-corrected chi connectivity index (χ4v) is 1.77. The summed E-state index contributed by atoms with van der Waals surface area (Å²) in [5.74, 6) is -1.81. The van der Waals surface area contributed by atoms with Crippen LogP contribution in [-0.2, 0) is 19.1 Å². The third kappa shape index (κ3) is 4.49. The monoisotopic (exact) mass is 326 g/mol. The molecule has 0 fully saturated rings. The SMILES string of the molecule is CNC(=O)c1ccc(N/C(=C/C(=O)OC)C(=O)OC)cc1Cl. The van der Waals surface area contributed by atoms with E-state index in [2.05, 4.69) is 20.1 Å². The van der Waals surface area contributed by atoms with Crippen LogP contribution in [0.15, 0.2) is 30.0 Å². The first-order valence-corrected chi connectivity index (χ1v) is 6.47. The maximum absolute atomic E-state index is 11.6. The van der Waals surface area contributed by atoms with Gasteiger partial charge in [-0.25, -0.2) is 9.59 Å². The molecule has 0 aromatic heterocycles. The number of nitrogens with one attached hydrogen (secondary N) is 2. The van der Waals surface area contributed by atoms with E-state index < -0.39 is 11.9 Å². The standard InChI is InChI=1S/C14H15ClN2O5/c1-16-13(19)9-5-4-8(6-10(9)15)17-11(14(20)22-3)7-12(18)21-2/h4-7,17H,1-3H3,(H,16,19)/b11-7+. The number of carbonyl (C=O) groups excluding carboxylic acids is 3. The summed E-state index contributed by atoms with van der Waals surface area (Å²) in [6.07, 6.45) is 0.951. The van der Waals surface area contributed by atoms with Gasteiger partial charge in [0, 0.05) is 12.7 Å². The summed E-state index contributed by atoms with van der Waals surface area (Å²) in [5, 5.41) is 5.33. The number of carbonyl (C=O) groups is 3. The van der Waals surface area contributed by atoms with Gasteiger partial charge in [-0.15, -0.1) is 0 Å². The van der Waals surface area contributed by atoms with Gasteiger partial charge in [-0.3, -0.25) is 4.79 Å². The lowest BCUT2D eigenvalue weighted by Gasteiger charge is -2.10. The minimum atomic E-state index is -0.753. The zero-order chi connectivity index (χ0) is 16.7. The summed E-state index contributed by atoms with van der Waals surface area (Å²) in [6, 6.07) is 4.46. The van der Waals surface area contributed by atoms with Crippen molar-refractivity contribution in [2.45, 2.75) is 0 Å². The molecule has 22 heavy (non-hydrogen) atoms. The normalized spacial score (nSPS) is 10.6. The number of halogens is 1. The van der Waals surface area contributed by atoms with Gasteiger partial charge in [0.1, 0.15) is 5.70 Å². The van der Waals surface area contributed by atoms with Crippen LogP contribution in [0.2, 0.25) is 5.02 Å². The van der Waals surface area contributed by atoms with Crippen molar-refractivity contribution >= 4 is 35.1 Å². The molecule has 0 aliphatic rings. The average molecular weight is 327 g/mol. The number of hydrogen-bond acceptors (Lipinski definition) is 6. The number of anilines is 1. The highest BCUT2D eigenvalue weighted by atomic mass is 35.5. The Hall–Kier alpha value is -2.54. The largest absolute Gasteiger partial charge is 0.466 e. The molecular weight excluding hydrogens is 312 g/mol. The molecule has 0 bridgehead atoms. The third-order valence-electron chi connectivity index (χ3n) is 2.59. The lowest BCUT2D eigenvalue weighted by molar-refractivity contribution is -0.138. The van der Waals surface area contributed by atoms with Gasteiger partial charge < -0.3 is 20.1 Å². The van der Waals surface area contributed by atoms with E-state index in [1.807, 2.05) is 0 Å². The van der Waals surface area contributed by atoms with E-state index in [0.717, 1.165) is 6.08 Å². The lowest BCUT2D eigenvalue weighted by Crippen LogP contribution is -2.18. The summed E-state index contributed by atoms with van der Waals surface area (Å²) in [4.78, 5) is 34.4. The number of benzene rings is 1. The minimum Gasteiger partial charge on any atom is -0.466 e. The Morgan fingerprint density at radius 1 is 1.18 bits per heavy atom. The highest BCUT2D eigenvalue weighted by molar-refractivity contribution is 6.34. The highest BCUT2D eigenvalue weighted by Gasteiger charge is 2.14. The van der Waals surface area contributed by atoms with Crippen LogP contribution < -0.4 is 10.6 Å². The second-order valence-electron chi connectivity index (χ2n) is 3.97. The molecule has 1 rings (SSSR count). The van der Waals surface area contributed by atoms with Crippen molar-refractivity contribution in [2.75, 3.05) is 26.6 Å². The molecule has 0 aliphatic carbocycles. The van der Waals surface area contributed by atoms with Gasteiger partial charge in [-0.05, 0) is 18.2 Å². The fraction of sp³-hybridized carbons (Fsp3) is 0.214. The molecule has 0 radical (unpaired) electrons. The number of methoxy groups -OCH3 is 2. The molecule has 1 aromatic rings. The second kappa shape index (κ2) is 8.04. The van der Waals surface area contributed by atoms with Crippen molar-refractivity contribution in [2.24, 2.45) is 0 Å². The predicted octanol–water partition coefficient (Wildman–Crippen LogP) is 1.34. The van der Waals surface area contributed by atoms with E-state index in [9.17, 15) is 14.4 Å². The van der Waals surface area contributed by atoms with Crippen molar-refractivity contribution in [1.29, 1.82) is 0 Å². The molecule has 0 saturated heterocycles. The van der Waals surface area contributed by atoms with Crippen molar-refractivity contribution < 1.29 is 23.9 Å². The molecule has 8 heteroatoms. The molecule has 1 aromatic carbocycles. The molecular formula is C14H15ClN2O5. The topological polar surface area (TPSA) is 93.7 Å². The van der Waals surface area contributed by atoms with Gasteiger partial charge in [-0.2, -0.15) is 0 Å². The van der Waals surface area contributed by atoms with Crippen LogP contribution in [0.4, 0.5) is 5.69 Å². The van der Waals surface area contributed by atoms with E-state index in [1.165, 1.54) is 39.5 Å². The van der Waals surface area contributed by atoms with Gasteiger partial charge in [-0.1, -0.05) is 11.6 Å². The Balaban J connectivity index is 3.07. The minimum absolute atomic E-state index is 0.127. The Labute approximate surface area is 132 Å². The lowest BCUT2D eigenvalue weighted by atomic mass is 10.2. The first kappa shape index (κ1) is 17.5. The molecule has 0 spiro atoms. The Morgan fingerprint density at radius 2 is 1.86 bits per heavy atom. The Morgan fingerprint density at radius 3 is 2.36 bits per heavy atom. The van der Waals surface area contributed by atoms with E-state index >= 15 is 0 Å². The van der Waals surface area contributed by atoms with Crippen molar-refractivity contribution in [3.63, 3.8) is 0 Å². The van der Waals surface area contributed by atoms with E-state index in [1.54, 1.807) is 0 Å². The van der Waals surface area contributed by atoms with Crippen LogP contribution in [0.25, 0.3) is 0 Å². The third-order valence-corrected chi connectivity index (χ3v) is 2.90. The van der Waals surface area contributed by atoms with Crippen molar-refractivity contribution in [3.05, 3.63) is 40.6 Å². The average Bonchev–Trinajstić information content (AvgIpc) is 2.52. The Kier molecular flexibility index (Phi) is 6.40. The fourth-order valence-electron chi connectivity index (χ4n) is 1.50. The highest BCUT2D eigenvalue weighted by Crippen LogP contribution is 2.22. The zero-order valence-corrected chi connectivity index (χ0v) is 13.0. The van der Waals surface area contributed by atoms with Crippen molar-refractivity contribution in [1.82, 2.24) is 5.32 Å². The summed E-state index contributed by atoms with van der Waals surface area (Å²) in [5.41, 5.74) is 0.558. The summed E-state index contributed by atoms with van der Waals surface area (Å²) >= 11 is 6.00. The molecule has 0 atom stereocenters. The number of hydrogen-bond donors (Lipinski definition) is 2. The molecule has 2 N–H and O–H groups in total. The maximum Gasteiger partial charge on any atom is 0.354 e. The smallest absolute Gasteiger partial charge is 0.354 e. The number of esters is 2. The molecule has 0 saturated carbocycles. The molecule has 0 unspecified atom stereocenters. The van der Waals surface area contributed by atoms with E-state index in [4.69, 9.17) is 11.6 Å². The molecule has 0 aliphatic heterocycles. The maximum atomic E-state index is 11.6. The molecule has 1 amide bonds. The van der Waals surface area contributed by atoms with Gasteiger partial charge in [0.25, 0.3) is 5.91 Å². The molecule has 7 nitrogen and oxygen atoms in total. The van der Waals surface area contributed by atoms with Crippen LogP contribution in [0, 0.1) is 0 Å². The van der Waals surface area contributed by atoms with E-state index in [0.29, 0.717) is 5.69 Å². The Bertz CT molecular complexity index is 628. The van der Waals surface area contributed by atoms with Crippen molar-refractivity contribution in [3.8, 4) is 0 Å². The van der Waals surface area contributed by atoms with Crippen LogP contribution in [0.5, 0.6) is 0 Å². The quantitative estimate of drug-likeness (QED) is 0.626. The predicted molar refractivity (Wildman–Crippen MR) is 80.6 cm³/mol.